The van der Waals surface area contributed by atoms with Gasteiger partial charge in [-0.1, -0.05) is 12.1 Å². The van der Waals surface area contributed by atoms with Gasteiger partial charge in [0.2, 0.25) is 18.6 Å². The molecule has 1 aromatic heterocycles. The maximum absolute atomic E-state index is 12.1. The zero-order valence-electron chi connectivity index (χ0n) is 10.8. The van der Waals surface area contributed by atoms with Crippen LogP contribution in [0.5, 0.6) is 5.88 Å². The third kappa shape index (κ3) is 3.63. The van der Waals surface area contributed by atoms with Gasteiger partial charge in [-0.25, -0.2) is 4.39 Å². The van der Waals surface area contributed by atoms with E-state index < -0.39 is 11.8 Å². The summed E-state index contributed by atoms with van der Waals surface area (Å²) in [5, 5.41) is 22.7. The summed E-state index contributed by atoms with van der Waals surface area (Å²) in [6.45, 7) is -1.17. The molecule has 7 nitrogen and oxygen atoms in total. The zero-order valence-corrected chi connectivity index (χ0v) is 10.8. The predicted molar refractivity (Wildman–Crippen MR) is 73.1 cm³/mol. The Hall–Kier alpha value is -2.74. The molecule has 1 heterocycles. The minimum atomic E-state index is -1.07. The molecule has 0 aliphatic carbocycles. The summed E-state index contributed by atoms with van der Waals surface area (Å²) in [4.78, 5) is 14.2. The molecule has 0 spiro atoms. The van der Waals surface area contributed by atoms with Crippen molar-refractivity contribution in [1.82, 2.24) is 4.98 Å². The largest absolute Gasteiger partial charge is 0.446 e. The second kappa shape index (κ2) is 6.62. The first-order valence-corrected chi connectivity index (χ1v) is 5.95. The Morgan fingerprint density at radius 2 is 2.00 bits per heavy atom. The summed E-state index contributed by atoms with van der Waals surface area (Å²) < 4.78 is 16.7. The van der Waals surface area contributed by atoms with Gasteiger partial charge in [-0.15, -0.1) is 0 Å². The summed E-state index contributed by atoms with van der Waals surface area (Å²) in [7, 11) is 0. The van der Waals surface area contributed by atoms with Gasteiger partial charge >= 0.3 is 5.69 Å². The van der Waals surface area contributed by atoms with Crippen LogP contribution in [0.2, 0.25) is 0 Å². The second-order valence-electron chi connectivity index (χ2n) is 4.01. The number of nitrogens with zero attached hydrogens (tertiary/aromatic N) is 2. The molecule has 2 aromatic rings. The smallest absolute Gasteiger partial charge is 0.311 e. The van der Waals surface area contributed by atoms with Gasteiger partial charge < -0.3 is 15.2 Å². The van der Waals surface area contributed by atoms with Crippen molar-refractivity contribution in [2.24, 2.45) is 0 Å². The van der Waals surface area contributed by atoms with E-state index in [1.54, 1.807) is 24.3 Å². The van der Waals surface area contributed by atoms with Gasteiger partial charge in [0, 0.05) is 17.8 Å². The summed E-state index contributed by atoms with van der Waals surface area (Å²) >= 11 is 0. The van der Waals surface area contributed by atoms with Crippen LogP contribution in [0.1, 0.15) is 5.56 Å². The molecule has 0 aliphatic rings. The van der Waals surface area contributed by atoms with E-state index in [2.05, 4.69) is 15.0 Å². The zero-order chi connectivity index (χ0) is 15.2. The molecule has 0 atom stereocenters. The average Bonchev–Trinajstić information content (AvgIpc) is 2.48. The molecule has 0 saturated carbocycles. The number of alkyl halides is 1. The maximum atomic E-state index is 12.1. The van der Waals surface area contributed by atoms with Crippen molar-refractivity contribution in [3.8, 4) is 5.88 Å². The highest BCUT2D eigenvalue weighted by Gasteiger charge is 2.16. The summed E-state index contributed by atoms with van der Waals surface area (Å²) in [6, 6.07) is 9.01. The first-order valence-electron chi connectivity index (χ1n) is 5.95. The van der Waals surface area contributed by atoms with Crippen LogP contribution in [-0.2, 0) is 6.61 Å². The molecule has 110 valence electrons. The van der Waals surface area contributed by atoms with Crippen LogP contribution in [0, 0.1) is 10.1 Å². The Labute approximate surface area is 119 Å². The van der Waals surface area contributed by atoms with E-state index >= 15 is 0 Å². The van der Waals surface area contributed by atoms with Crippen LogP contribution >= 0.6 is 0 Å². The lowest BCUT2D eigenvalue weighted by Crippen LogP contribution is -2.02. The van der Waals surface area contributed by atoms with Crippen LogP contribution in [0.4, 0.5) is 21.6 Å². The number of pyridine rings is 1. The Bertz CT molecular complexity index is 634. The van der Waals surface area contributed by atoms with Gasteiger partial charge in [0.1, 0.15) is 0 Å². The monoisotopic (exact) mass is 293 g/mol. The van der Waals surface area contributed by atoms with E-state index in [0.717, 1.165) is 0 Å². The molecule has 21 heavy (non-hydrogen) atoms. The van der Waals surface area contributed by atoms with Crippen LogP contribution < -0.4 is 10.1 Å². The second-order valence-corrected chi connectivity index (χ2v) is 4.01. The lowest BCUT2D eigenvalue weighted by atomic mass is 10.2. The first-order chi connectivity index (χ1) is 10.1. The quantitative estimate of drug-likeness (QED) is 0.627. The van der Waals surface area contributed by atoms with Crippen molar-refractivity contribution >= 4 is 17.2 Å². The Morgan fingerprint density at radius 1 is 1.29 bits per heavy atom. The fourth-order valence-electron chi connectivity index (χ4n) is 1.64. The lowest BCUT2D eigenvalue weighted by Gasteiger charge is -2.08. The highest BCUT2D eigenvalue weighted by Crippen LogP contribution is 2.28. The number of aliphatic hydroxyl groups excluding tert-OH is 1. The van der Waals surface area contributed by atoms with Crippen LogP contribution in [-0.4, -0.2) is 21.9 Å². The van der Waals surface area contributed by atoms with E-state index in [0.29, 0.717) is 11.3 Å². The molecular formula is C13H12FN3O4. The molecule has 0 amide bonds. The van der Waals surface area contributed by atoms with E-state index in [4.69, 9.17) is 5.11 Å². The van der Waals surface area contributed by atoms with Gasteiger partial charge in [-0.05, 0) is 17.7 Å². The molecule has 0 fully saturated rings. The lowest BCUT2D eigenvalue weighted by molar-refractivity contribution is -0.384. The minimum absolute atomic E-state index is 0.0531. The SMILES string of the molecule is O=[N+]([O-])c1ccc(OCF)nc1Nc1ccc(CO)cc1. The van der Waals surface area contributed by atoms with Crippen LogP contribution in [0.15, 0.2) is 36.4 Å². The molecule has 0 unspecified atom stereocenters. The Morgan fingerprint density at radius 3 is 2.57 bits per heavy atom. The number of benzene rings is 1. The van der Waals surface area contributed by atoms with Gasteiger partial charge in [0.15, 0.2) is 0 Å². The number of aliphatic hydroxyl groups is 1. The molecule has 2 rings (SSSR count). The fourth-order valence-corrected chi connectivity index (χ4v) is 1.64. The number of nitro groups is 1. The third-order valence-corrected chi connectivity index (χ3v) is 2.65. The number of nitrogens with one attached hydrogen (secondary N) is 1. The van der Waals surface area contributed by atoms with Crippen molar-refractivity contribution in [2.75, 3.05) is 12.2 Å². The number of hydrogen-bond donors (Lipinski definition) is 2. The minimum Gasteiger partial charge on any atom is -0.446 e. The highest BCUT2D eigenvalue weighted by atomic mass is 19.1. The van der Waals surface area contributed by atoms with E-state index in [1.165, 1.54) is 12.1 Å². The van der Waals surface area contributed by atoms with Crippen molar-refractivity contribution in [1.29, 1.82) is 0 Å². The number of halogens is 1. The van der Waals surface area contributed by atoms with Gasteiger partial charge in [0.05, 0.1) is 11.5 Å². The molecule has 0 bridgehead atoms. The van der Waals surface area contributed by atoms with Crippen LogP contribution in [0.25, 0.3) is 0 Å². The predicted octanol–water partition coefficient (Wildman–Crippen LogP) is 2.53. The standard InChI is InChI=1S/C13H12FN3O4/c14-8-21-12-6-5-11(17(19)20)13(16-12)15-10-3-1-9(7-18)2-4-10/h1-6,18H,7-8H2,(H,15,16). The Balaban J connectivity index is 2.30. The third-order valence-electron chi connectivity index (χ3n) is 2.65. The molecule has 2 N–H and O–H groups in total. The van der Waals surface area contributed by atoms with Gasteiger partial charge in [-0.3, -0.25) is 10.1 Å². The molecule has 0 radical (unpaired) electrons. The molecule has 0 saturated heterocycles. The van der Waals surface area contributed by atoms with Crippen molar-refractivity contribution in [3.05, 3.63) is 52.1 Å². The van der Waals surface area contributed by atoms with Gasteiger partial charge in [-0.2, -0.15) is 4.98 Å². The number of rotatable bonds is 6. The molecule has 1 aromatic carbocycles. The number of ether oxygens (including phenoxy) is 1. The summed E-state index contributed by atoms with van der Waals surface area (Å²) in [5.74, 6) is -0.111. The molecular weight excluding hydrogens is 281 g/mol. The topological polar surface area (TPSA) is 97.5 Å². The van der Waals surface area contributed by atoms with E-state index in [9.17, 15) is 14.5 Å². The van der Waals surface area contributed by atoms with Crippen molar-refractivity contribution in [3.63, 3.8) is 0 Å². The van der Waals surface area contributed by atoms with E-state index in [1.807, 2.05) is 0 Å². The first kappa shape index (κ1) is 14.7. The summed E-state index contributed by atoms with van der Waals surface area (Å²) in [6.07, 6.45) is 0. The highest BCUT2D eigenvalue weighted by molar-refractivity contribution is 5.66. The Kier molecular flexibility index (Phi) is 4.62. The summed E-state index contributed by atoms with van der Waals surface area (Å²) in [5.41, 5.74) is 0.991. The number of aromatic nitrogens is 1. The molecule has 0 aliphatic heterocycles. The number of anilines is 2. The van der Waals surface area contributed by atoms with E-state index in [-0.39, 0.29) is 24.0 Å². The fraction of sp³-hybridized carbons (Fsp3) is 0.154. The number of hydrogen-bond acceptors (Lipinski definition) is 6. The molecule has 8 heteroatoms. The van der Waals surface area contributed by atoms with Crippen molar-refractivity contribution < 1.29 is 19.2 Å². The average molecular weight is 293 g/mol. The normalized spacial score (nSPS) is 10.2. The van der Waals surface area contributed by atoms with Crippen LogP contribution in [0.3, 0.4) is 0 Å². The maximum Gasteiger partial charge on any atom is 0.311 e. The van der Waals surface area contributed by atoms with Crippen molar-refractivity contribution in [2.45, 2.75) is 6.61 Å². The van der Waals surface area contributed by atoms with Gasteiger partial charge in [0.25, 0.3) is 0 Å².